The molecule has 0 aromatic carbocycles. The van der Waals surface area contributed by atoms with E-state index in [1.165, 1.54) is 28.6 Å². The second-order valence-corrected chi connectivity index (χ2v) is 5.65. The molecule has 1 aromatic rings. The fraction of sp³-hybridized carbons (Fsp3) is 0.700. The topological polar surface area (TPSA) is 33.1 Å². The Bertz CT molecular complexity index is 281. The van der Waals surface area contributed by atoms with E-state index in [0.717, 1.165) is 12.8 Å². The van der Waals surface area contributed by atoms with Gasteiger partial charge in [0.25, 0.3) is 0 Å². The van der Waals surface area contributed by atoms with Gasteiger partial charge in [-0.2, -0.15) is 11.8 Å². The molecule has 1 fully saturated rings. The Hall–Kier alpha value is -0.0600. The molecule has 78 valence electrons. The predicted molar refractivity (Wildman–Crippen MR) is 62.2 cm³/mol. The number of thiazole rings is 1. The summed E-state index contributed by atoms with van der Waals surface area (Å²) < 4.78 is 0. The number of hydrogen-bond donors (Lipinski definition) is 1. The second kappa shape index (κ2) is 5.14. The highest BCUT2D eigenvalue weighted by Crippen LogP contribution is 2.32. The third-order valence-corrected chi connectivity index (χ3v) is 4.56. The molecule has 1 aliphatic heterocycles. The molecule has 4 heteroatoms. The Kier molecular flexibility index (Phi) is 3.84. The van der Waals surface area contributed by atoms with Gasteiger partial charge in [0.1, 0.15) is 0 Å². The van der Waals surface area contributed by atoms with Crippen molar-refractivity contribution >= 4 is 23.1 Å². The van der Waals surface area contributed by atoms with Gasteiger partial charge >= 0.3 is 0 Å². The average molecular weight is 229 g/mol. The molecule has 2 rings (SSSR count). The molecular formula is C10H15NOS2. The molecule has 1 N–H and O–H groups in total. The zero-order chi connectivity index (χ0) is 9.80. The first-order chi connectivity index (χ1) is 6.90. The molecule has 1 saturated heterocycles. The molecule has 1 aromatic heterocycles. The minimum atomic E-state index is 0.272. The molecule has 1 aliphatic rings. The number of nitrogens with zero attached hydrogens (tertiary/aromatic N) is 1. The minimum absolute atomic E-state index is 0.272. The first-order valence-electron chi connectivity index (χ1n) is 5.03. The molecule has 0 saturated carbocycles. The van der Waals surface area contributed by atoms with Gasteiger partial charge in [-0.15, -0.1) is 11.3 Å². The van der Waals surface area contributed by atoms with Crippen molar-refractivity contribution in [2.45, 2.75) is 25.2 Å². The molecule has 14 heavy (non-hydrogen) atoms. The van der Waals surface area contributed by atoms with Crippen LogP contribution in [0.25, 0.3) is 0 Å². The van der Waals surface area contributed by atoms with Crippen LogP contribution in [0, 0.1) is 0 Å². The predicted octanol–water partition coefficient (Wildman–Crippen LogP) is 2.29. The van der Waals surface area contributed by atoms with E-state index < -0.39 is 0 Å². The number of thioether (sulfide) groups is 1. The van der Waals surface area contributed by atoms with Crippen molar-refractivity contribution in [3.8, 4) is 0 Å². The van der Waals surface area contributed by atoms with Crippen LogP contribution in [0.5, 0.6) is 0 Å². The highest BCUT2D eigenvalue weighted by Gasteiger charge is 2.19. The summed E-state index contributed by atoms with van der Waals surface area (Å²) in [6.07, 6.45) is 3.06. The molecule has 0 radical (unpaired) electrons. The maximum atomic E-state index is 8.72. The molecule has 0 amide bonds. The summed E-state index contributed by atoms with van der Waals surface area (Å²) in [5, 5.41) is 12.1. The highest BCUT2D eigenvalue weighted by atomic mass is 32.2. The van der Waals surface area contributed by atoms with Gasteiger partial charge in [-0.25, -0.2) is 4.98 Å². The van der Waals surface area contributed by atoms with Crippen LogP contribution in [0.1, 0.15) is 29.5 Å². The molecule has 0 bridgehead atoms. The lowest BCUT2D eigenvalue weighted by molar-refractivity contribution is 0.288. The minimum Gasteiger partial charge on any atom is -0.396 e. The Morgan fingerprint density at radius 2 is 2.50 bits per heavy atom. The Morgan fingerprint density at radius 1 is 1.57 bits per heavy atom. The third-order valence-electron chi connectivity index (χ3n) is 2.47. The van der Waals surface area contributed by atoms with E-state index in [0.29, 0.717) is 5.92 Å². The van der Waals surface area contributed by atoms with Crippen LogP contribution in [0.3, 0.4) is 0 Å². The highest BCUT2D eigenvalue weighted by molar-refractivity contribution is 7.99. The first-order valence-corrected chi connectivity index (χ1v) is 7.06. The SMILES string of the molecule is OCCCc1nc(C2CCSC2)cs1. The average Bonchev–Trinajstić information content (AvgIpc) is 2.85. The second-order valence-electron chi connectivity index (χ2n) is 3.55. The first kappa shape index (κ1) is 10.5. The van der Waals surface area contributed by atoms with Crippen molar-refractivity contribution in [3.05, 3.63) is 16.1 Å². The quantitative estimate of drug-likeness (QED) is 0.860. The van der Waals surface area contributed by atoms with Gasteiger partial charge in [0.05, 0.1) is 10.7 Å². The van der Waals surface area contributed by atoms with Crippen molar-refractivity contribution in [1.82, 2.24) is 4.98 Å². The summed E-state index contributed by atoms with van der Waals surface area (Å²) in [5.74, 6) is 3.22. The fourth-order valence-electron chi connectivity index (χ4n) is 1.63. The number of hydrogen-bond acceptors (Lipinski definition) is 4. The van der Waals surface area contributed by atoms with E-state index >= 15 is 0 Å². The summed E-state index contributed by atoms with van der Waals surface area (Å²) in [7, 11) is 0. The van der Waals surface area contributed by atoms with Crippen molar-refractivity contribution in [2.24, 2.45) is 0 Å². The molecule has 0 aliphatic carbocycles. The standard InChI is InChI=1S/C10H15NOS2/c12-4-1-2-10-11-9(7-14-10)8-3-5-13-6-8/h7-8,12H,1-6H2. The van der Waals surface area contributed by atoms with Crippen LogP contribution in [-0.4, -0.2) is 28.2 Å². The van der Waals surface area contributed by atoms with Crippen molar-refractivity contribution < 1.29 is 5.11 Å². The normalized spacial score (nSPS) is 21.6. The smallest absolute Gasteiger partial charge is 0.0929 e. The van der Waals surface area contributed by atoms with Gasteiger partial charge in [0.2, 0.25) is 0 Å². The number of aliphatic hydroxyl groups excluding tert-OH is 1. The zero-order valence-corrected chi connectivity index (χ0v) is 9.74. The van der Waals surface area contributed by atoms with Crippen LogP contribution >= 0.6 is 23.1 Å². The lowest BCUT2D eigenvalue weighted by Crippen LogP contribution is -1.97. The van der Waals surface area contributed by atoms with Crippen LogP contribution in [0.4, 0.5) is 0 Å². The fourth-order valence-corrected chi connectivity index (χ4v) is 3.79. The Labute approximate surface area is 92.8 Å². The molecule has 2 nitrogen and oxygen atoms in total. The van der Waals surface area contributed by atoms with E-state index in [-0.39, 0.29) is 6.61 Å². The summed E-state index contributed by atoms with van der Waals surface area (Å²) in [6.45, 7) is 0.272. The van der Waals surface area contributed by atoms with E-state index in [2.05, 4.69) is 10.4 Å². The Balaban J connectivity index is 1.94. The van der Waals surface area contributed by atoms with Gasteiger partial charge in [-0.3, -0.25) is 0 Å². The van der Waals surface area contributed by atoms with Crippen LogP contribution < -0.4 is 0 Å². The van der Waals surface area contributed by atoms with Gasteiger partial charge < -0.3 is 5.11 Å². The number of aromatic nitrogens is 1. The van der Waals surface area contributed by atoms with Crippen molar-refractivity contribution in [1.29, 1.82) is 0 Å². The number of rotatable bonds is 4. The van der Waals surface area contributed by atoms with Gasteiger partial charge in [-0.05, 0) is 18.6 Å². The monoisotopic (exact) mass is 229 g/mol. The number of aliphatic hydroxyl groups is 1. The van der Waals surface area contributed by atoms with E-state index in [9.17, 15) is 0 Å². The van der Waals surface area contributed by atoms with E-state index in [4.69, 9.17) is 5.11 Å². The van der Waals surface area contributed by atoms with Gasteiger partial charge in [0.15, 0.2) is 0 Å². The number of aryl methyl sites for hydroxylation is 1. The van der Waals surface area contributed by atoms with E-state index in [1.54, 1.807) is 11.3 Å². The van der Waals surface area contributed by atoms with Crippen molar-refractivity contribution in [3.63, 3.8) is 0 Å². The lowest BCUT2D eigenvalue weighted by Gasteiger charge is -2.02. The summed E-state index contributed by atoms with van der Waals surface area (Å²) in [6, 6.07) is 0. The lowest BCUT2D eigenvalue weighted by atomic mass is 10.1. The third kappa shape index (κ3) is 2.49. The van der Waals surface area contributed by atoms with Crippen LogP contribution in [0.15, 0.2) is 5.38 Å². The van der Waals surface area contributed by atoms with Crippen LogP contribution in [0.2, 0.25) is 0 Å². The molecule has 1 unspecified atom stereocenters. The van der Waals surface area contributed by atoms with E-state index in [1.807, 2.05) is 11.8 Å². The van der Waals surface area contributed by atoms with Crippen LogP contribution in [-0.2, 0) is 6.42 Å². The molecule has 2 heterocycles. The molecular weight excluding hydrogens is 214 g/mol. The summed E-state index contributed by atoms with van der Waals surface area (Å²) in [4.78, 5) is 4.62. The summed E-state index contributed by atoms with van der Waals surface area (Å²) >= 11 is 3.77. The van der Waals surface area contributed by atoms with Gasteiger partial charge in [0, 0.05) is 30.1 Å². The largest absolute Gasteiger partial charge is 0.396 e. The summed E-state index contributed by atoms with van der Waals surface area (Å²) in [5.41, 5.74) is 1.29. The molecule has 0 spiro atoms. The molecule has 1 atom stereocenters. The maximum absolute atomic E-state index is 8.72. The Morgan fingerprint density at radius 3 is 3.21 bits per heavy atom. The van der Waals surface area contributed by atoms with Gasteiger partial charge in [-0.1, -0.05) is 0 Å². The maximum Gasteiger partial charge on any atom is 0.0929 e. The van der Waals surface area contributed by atoms with Crippen molar-refractivity contribution in [2.75, 3.05) is 18.1 Å². The zero-order valence-electron chi connectivity index (χ0n) is 8.11.